The standard InChI is InChI=1S/C18H17ClO4/c1-22-16(20)14-11-13(12-7-3-2-4-8-12)18(17(21)23-14)10-6-5-9-15(18)19/h2-4,7-9,11,13H,5-6,10H2,1H3/t13-,18+/m0/s1. The molecule has 1 aliphatic carbocycles. The molecule has 1 aliphatic heterocycles. The summed E-state index contributed by atoms with van der Waals surface area (Å²) in [7, 11) is 1.26. The molecule has 0 saturated carbocycles. The first-order valence-electron chi connectivity index (χ1n) is 7.53. The molecule has 0 amide bonds. The molecule has 1 spiro atoms. The lowest BCUT2D eigenvalue weighted by Gasteiger charge is -2.42. The van der Waals surface area contributed by atoms with Crippen molar-refractivity contribution in [3.63, 3.8) is 0 Å². The predicted molar refractivity (Wildman–Crippen MR) is 85.6 cm³/mol. The van der Waals surface area contributed by atoms with Gasteiger partial charge in [-0.05, 0) is 30.9 Å². The Balaban J connectivity index is 2.17. The molecule has 0 radical (unpaired) electrons. The number of methoxy groups -OCH3 is 1. The second-order valence-electron chi connectivity index (χ2n) is 5.72. The third-order valence-corrected chi connectivity index (χ3v) is 4.98. The monoisotopic (exact) mass is 332 g/mol. The van der Waals surface area contributed by atoms with Crippen LogP contribution in [0.4, 0.5) is 0 Å². The molecule has 23 heavy (non-hydrogen) atoms. The number of hydrogen-bond donors (Lipinski definition) is 0. The third kappa shape index (κ3) is 2.57. The van der Waals surface area contributed by atoms with Gasteiger partial charge in [-0.2, -0.15) is 0 Å². The number of halogens is 1. The van der Waals surface area contributed by atoms with Gasteiger partial charge >= 0.3 is 11.9 Å². The van der Waals surface area contributed by atoms with Gasteiger partial charge in [-0.3, -0.25) is 4.79 Å². The quantitative estimate of drug-likeness (QED) is 0.775. The molecular weight excluding hydrogens is 316 g/mol. The van der Waals surface area contributed by atoms with Gasteiger partial charge in [0.15, 0.2) is 0 Å². The Kier molecular flexibility index (Phi) is 4.26. The smallest absolute Gasteiger partial charge is 0.373 e. The Labute approximate surface area is 139 Å². The van der Waals surface area contributed by atoms with Crippen LogP contribution in [0.15, 0.2) is 53.3 Å². The highest BCUT2D eigenvalue weighted by molar-refractivity contribution is 6.32. The van der Waals surface area contributed by atoms with Crippen LogP contribution >= 0.6 is 11.6 Å². The molecule has 0 unspecified atom stereocenters. The lowest BCUT2D eigenvalue weighted by Crippen LogP contribution is -2.43. The number of rotatable bonds is 2. The largest absolute Gasteiger partial charge is 0.463 e. The summed E-state index contributed by atoms with van der Waals surface area (Å²) in [5.74, 6) is -1.59. The Morgan fingerprint density at radius 3 is 2.74 bits per heavy atom. The first-order chi connectivity index (χ1) is 11.1. The lowest BCUT2D eigenvalue weighted by atomic mass is 9.65. The average molecular weight is 333 g/mol. The molecule has 1 aromatic carbocycles. The molecule has 5 heteroatoms. The highest BCUT2D eigenvalue weighted by Gasteiger charge is 2.53. The van der Waals surface area contributed by atoms with Crippen LogP contribution in [0.3, 0.4) is 0 Å². The summed E-state index contributed by atoms with van der Waals surface area (Å²) >= 11 is 6.47. The van der Waals surface area contributed by atoms with Gasteiger partial charge in [0.25, 0.3) is 0 Å². The molecule has 0 fully saturated rings. The molecule has 1 aromatic rings. The maximum atomic E-state index is 12.8. The summed E-state index contributed by atoms with van der Waals surface area (Å²) < 4.78 is 9.97. The van der Waals surface area contributed by atoms with Gasteiger partial charge in [0.1, 0.15) is 5.41 Å². The summed E-state index contributed by atoms with van der Waals surface area (Å²) in [6, 6.07) is 9.55. The number of cyclic esters (lactones) is 1. The third-order valence-electron chi connectivity index (χ3n) is 4.49. The number of esters is 2. The zero-order valence-corrected chi connectivity index (χ0v) is 13.5. The van der Waals surface area contributed by atoms with E-state index in [9.17, 15) is 9.59 Å². The van der Waals surface area contributed by atoms with Gasteiger partial charge in [0.2, 0.25) is 5.76 Å². The van der Waals surface area contributed by atoms with Gasteiger partial charge < -0.3 is 9.47 Å². The van der Waals surface area contributed by atoms with E-state index < -0.39 is 17.4 Å². The number of carbonyl (C=O) groups excluding carboxylic acids is 2. The van der Waals surface area contributed by atoms with Crippen LogP contribution in [0, 0.1) is 5.41 Å². The van der Waals surface area contributed by atoms with Crippen LogP contribution in [0.1, 0.15) is 30.7 Å². The van der Waals surface area contributed by atoms with E-state index in [4.69, 9.17) is 21.1 Å². The van der Waals surface area contributed by atoms with E-state index in [-0.39, 0.29) is 11.7 Å². The molecular formula is C18H17ClO4. The minimum absolute atomic E-state index is 0.0768. The summed E-state index contributed by atoms with van der Waals surface area (Å²) in [6.07, 6.45) is 5.80. The van der Waals surface area contributed by atoms with Gasteiger partial charge in [0.05, 0.1) is 7.11 Å². The van der Waals surface area contributed by atoms with Crippen molar-refractivity contribution in [2.75, 3.05) is 7.11 Å². The zero-order valence-electron chi connectivity index (χ0n) is 12.8. The molecule has 2 atom stereocenters. The first-order valence-corrected chi connectivity index (χ1v) is 7.91. The number of hydrogen-bond acceptors (Lipinski definition) is 4. The average Bonchev–Trinajstić information content (AvgIpc) is 2.59. The van der Waals surface area contributed by atoms with Gasteiger partial charge in [-0.1, -0.05) is 48.0 Å². The Bertz CT molecular complexity index is 692. The maximum absolute atomic E-state index is 12.8. The Morgan fingerprint density at radius 1 is 1.35 bits per heavy atom. The summed E-state index contributed by atoms with van der Waals surface area (Å²) in [6.45, 7) is 0. The van der Waals surface area contributed by atoms with Crippen LogP contribution in [0.5, 0.6) is 0 Å². The van der Waals surface area contributed by atoms with Crippen molar-refractivity contribution >= 4 is 23.5 Å². The highest BCUT2D eigenvalue weighted by Crippen LogP contribution is 2.54. The topological polar surface area (TPSA) is 52.6 Å². The normalized spacial score (nSPS) is 27.0. The van der Waals surface area contributed by atoms with E-state index in [0.29, 0.717) is 11.5 Å². The van der Waals surface area contributed by atoms with Gasteiger partial charge in [-0.15, -0.1) is 0 Å². The SMILES string of the molecule is COC(=O)C1=C[C@@H](c2ccccc2)[C@@]2(CCCC=C2Cl)C(=O)O1. The molecule has 0 bridgehead atoms. The number of carbonyl (C=O) groups is 2. The molecule has 3 rings (SSSR count). The Morgan fingerprint density at radius 2 is 2.09 bits per heavy atom. The predicted octanol–water partition coefficient (Wildman–Crippen LogP) is 3.68. The number of allylic oxidation sites excluding steroid dienone is 2. The lowest BCUT2D eigenvalue weighted by molar-refractivity contribution is -0.159. The first kappa shape index (κ1) is 15.8. The van der Waals surface area contributed by atoms with Gasteiger partial charge in [0, 0.05) is 11.0 Å². The van der Waals surface area contributed by atoms with Crippen molar-refractivity contribution in [2.45, 2.75) is 25.2 Å². The second kappa shape index (κ2) is 6.20. The van der Waals surface area contributed by atoms with Crippen molar-refractivity contribution in [3.8, 4) is 0 Å². The summed E-state index contributed by atoms with van der Waals surface area (Å²) in [5.41, 5.74) is -0.0439. The van der Waals surface area contributed by atoms with Crippen LogP contribution in [-0.4, -0.2) is 19.0 Å². The van der Waals surface area contributed by atoms with Crippen LogP contribution in [-0.2, 0) is 19.1 Å². The van der Waals surface area contributed by atoms with Crippen molar-refractivity contribution in [2.24, 2.45) is 5.41 Å². The van der Waals surface area contributed by atoms with Crippen LogP contribution < -0.4 is 0 Å². The summed E-state index contributed by atoms with van der Waals surface area (Å²) in [5, 5.41) is 0.489. The van der Waals surface area contributed by atoms with E-state index in [0.717, 1.165) is 18.4 Å². The molecule has 0 saturated heterocycles. The van der Waals surface area contributed by atoms with E-state index >= 15 is 0 Å². The maximum Gasteiger partial charge on any atom is 0.373 e. The molecule has 1 heterocycles. The van der Waals surface area contributed by atoms with Crippen molar-refractivity contribution in [1.82, 2.24) is 0 Å². The zero-order chi connectivity index (χ0) is 16.4. The molecule has 2 aliphatic rings. The van der Waals surface area contributed by atoms with E-state index in [1.165, 1.54) is 7.11 Å². The molecule has 0 N–H and O–H groups in total. The number of ether oxygens (including phenoxy) is 2. The van der Waals surface area contributed by atoms with E-state index in [1.807, 2.05) is 36.4 Å². The molecule has 120 valence electrons. The van der Waals surface area contributed by atoms with Crippen molar-refractivity contribution < 1.29 is 19.1 Å². The molecule has 4 nitrogen and oxygen atoms in total. The van der Waals surface area contributed by atoms with Crippen LogP contribution in [0.25, 0.3) is 0 Å². The highest BCUT2D eigenvalue weighted by atomic mass is 35.5. The number of benzene rings is 1. The fourth-order valence-electron chi connectivity index (χ4n) is 3.31. The summed E-state index contributed by atoms with van der Waals surface area (Å²) in [4.78, 5) is 24.6. The van der Waals surface area contributed by atoms with E-state index in [1.54, 1.807) is 6.08 Å². The minimum atomic E-state index is -0.960. The second-order valence-corrected chi connectivity index (χ2v) is 6.12. The molecule has 0 aromatic heterocycles. The fourth-order valence-corrected chi connectivity index (χ4v) is 3.71. The van der Waals surface area contributed by atoms with Gasteiger partial charge in [-0.25, -0.2) is 4.79 Å². The Hall–Kier alpha value is -2.07. The van der Waals surface area contributed by atoms with E-state index in [2.05, 4.69) is 0 Å². The van der Waals surface area contributed by atoms with Crippen molar-refractivity contribution in [1.29, 1.82) is 0 Å². The van der Waals surface area contributed by atoms with Crippen LogP contribution in [0.2, 0.25) is 0 Å². The van der Waals surface area contributed by atoms with Crippen molar-refractivity contribution in [3.05, 3.63) is 58.8 Å². The minimum Gasteiger partial charge on any atom is -0.463 e. The fraction of sp³-hybridized carbons (Fsp3) is 0.333.